The van der Waals surface area contributed by atoms with Crippen LogP contribution >= 0.6 is 0 Å². The molecule has 27 heavy (non-hydrogen) atoms. The number of aryl methyl sites for hydroxylation is 1. The molecule has 1 heterocycles. The minimum absolute atomic E-state index is 0.0492. The molecule has 0 radical (unpaired) electrons. The molecule has 0 aliphatic heterocycles. The molecule has 1 atom stereocenters. The molecular weight excluding hydrogens is 340 g/mol. The number of nitrogens with zero attached hydrogens (tertiary/aromatic N) is 1. The van der Waals surface area contributed by atoms with Crippen molar-refractivity contribution >= 4 is 16.8 Å². The molecule has 1 aromatic heterocycles. The van der Waals surface area contributed by atoms with Gasteiger partial charge in [0.2, 0.25) is 5.91 Å². The van der Waals surface area contributed by atoms with Gasteiger partial charge in [0.05, 0.1) is 18.6 Å². The molecular formula is C22H24N2O3. The van der Waals surface area contributed by atoms with E-state index in [-0.39, 0.29) is 12.5 Å². The van der Waals surface area contributed by atoms with Crippen molar-refractivity contribution in [3.05, 3.63) is 65.9 Å². The van der Waals surface area contributed by atoms with Gasteiger partial charge < -0.3 is 19.7 Å². The number of methoxy groups -OCH3 is 1. The SMILES string of the molecule is COc1ccccc1C1(C(=O)NCC(O)c2ccc3c(ccn3C)c2)CC1. The first-order valence-electron chi connectivity index (χ1n) is 9.20. The van der Waals surface area contributed by atoms with Crippen LogP contribution in [0.25, 0.3) is 10.9 Å². The highest BCUT2D eigenvalue weighted by atomic mass is 16.5. The summed E-state index contributed by atoms with van der Waals surface area (Å²) in [5, 5.41) is 14.6. The largest absolute Gasteiger partial charge is 0.496 e. The number of aliphatic hydroxyl groups excluding tert-OH is 1. The van der Waals surface area contributed by atoms with Crippen molar-refractivity contribution in [3.8, 4) is 5.75 Å². The fourth-order valence-corrected chi connectivity index (χ4v) is 3.77. The van der Waals surface area contributed by atoms with Crippen LogP contribution < -0.4 is 10.1 Å². The lowest BCUT2D eigenvalue weighted by atomic mass is 9.93. The fraction of sp³-hybridized carbons (Fsp3) is 0.318. The van der Waals surface area contributed by atoms with Gasteiger partial charge in [0.1, 0.15) is 5.75 Å². The summed E-state index contributed by atoms with van der Waals surface area (Å²) in [5.41, 5.74) is 2.31. The highest BCUT2D eigenvalue weighted by Crippen LogP contribution is 2.51. The second kappa shape index (κ2) is 6.74. The Morgan fingerprint density at radius 2 is 2.04 bits per heavy atom. The predicted octanol–water partition coefficient (Wildman–Crippen LogP) is 3.07. The lowest BCUT2D eigenvalue weighted by molar-refractivity contribution is -0.124. The Labute approximate surface area is 158 Å². The number of carbonyl (C=O) groups excluding carboxylic acids is 1. The van der Waals surface area contributed by atoms with Crippen LogP contribution in [0.3, 0.4) is 0 Å². The van der Waals surface area contributed by atoms with Crippen LogP contribution in [-0.4, -0.2) is 29.2 Å². The highest BCUT2D eigenvalue weighted by molar-refractivity contribution is 5.92. The third-order valence-electron chi connectivity index (χ3n) is 5.56. The van der Waals surface area contributed by atoms with E-state index in [1.54, 1.807) is 7.11 Å². The van der Waals surface area contributed by atoms with Crippen molar-refractivity contribution in [3.63, 3.8) is 0 Å². The van der Waals surface area contributed by atoms with Gasteiger partial charge in [0.25, 0.3) is 0 Å². The van der Waals surface area contributed by atoms with E-state index < -0.39 is 11.5 Å². The predicted molar refractivity (Wildman–Crippen MR) is 105 cm³/mol. The maximum absolute atomic E-state index is 12.9. The topological polar surface area (TPSA) is 63.5 Å². The fourth-order valence-electron chi connectivity index (χ4n) is 3.77. The Kier molecular flexibility index (Phi) is 4.40. The van der Waals surface area contributed by atoms with Gasteiger partial charge in [-0.3, -0.25) is 4.79 Å². The van der Waals surface area contributed by atoms with Crippen LogP contribution in [0.15, 0.2) is 54.7 Å². The average Bonchev–Trinajstić information content (AvgIpc) is 3.44. The number of fused-ring (bicyclic) bond motifs is 1. The monoisotopic (exact) mass is 364 g/mol. The molecule has 5 heteroatoms. The number of rotatable bonds is 6. The summed E-state index contributed by atoms with van der Waals surface area (Å²) < 4.78 is 7.47. The number of ether oxygens (including phenoxy) is 1. The van der Waals surface area contributed by atoms with Crippen molar-refractivity contribution in [2.24, 2.45) is 7.05 Å². The number of benzene rings is 2. The van der Waals surface area contributed by atoms with E-state index >= 15 is 0 Å². The Morgan fingerprint density at radius 1 is 1.26 bits per heavy atom. The van der Waals surface area contributed by atoms with Crippen molar-refractivity contribution in [2.75, 3.05) is 13.7 Å². The van der Waals surface area contributed by atoms with Crippen LogP contribution in [-0.2, 0) is 17.3 Å². The zero-order valence-corrected chi connectivity index (χ0v) is 15.6. The van der Waals surface area contributed by atoms with Crippen LogP contribution in [0.5, 0.6) is 5.75 Å². The first-order valence-corrected chi connectivity index (χ1v) is 9.20. The number of aromatic nitrogens is 1. The summed E-state index contributed by atoms with van der Waals surface area (Å²) in [5.74, 6) is 0.687. The van der Waals surface area contributed by atoms with E-state index in [2.05, 4.69) is 5.32 Å². The van der Waals surface area contributed by atoms with Crippen molar-refractivity contribution < 1.29 is 14.6 Å². The van der Waals surface area contributed by atoms with Crippen LogP contribution in [0.4, 0.5) is 0 Å². The van der Waals surface area contributed by atoms with E-state index in [0.717, 1.165) is 40.6 Å². The molecule has 4 rings (SSSR count). The Bertz CT molecular complexity index is 988. The molecule has 1 amide bonds. The molecule has 1 fully saturated rings. The van der Waals surface area contributed by atoms with Gasteiger partial charge in [-0.1, -0.05) is 24.3 Å². The van der Waals surface area contributed by atoms with E-state index in [0.29, 0.717) is 0 Å². The minimum Gasteiger partial charge on any atom is -0.496 e. The minimum atomic E-state index is -0.743. The maximum atomic E-state index is 12.9. The van der Waals surface area contributed by atoms with E-state index in [1.165, 1.54) is 0 Å². The first-order chi connectivity index (χ1) is 13.0. The van der Waals surface area contributed by atoms with Gasteiger partial charge >= 0.3 is 0 Å². The van der Waals surface area contributed by atoms with Gasteiger partial charge in [-0.05, 0) is 48.1 Å². The average molecular weight is 364 g/mol. The quantitative estimate of drug-likeness (QED) is 0.707. The number of amides is 1. The van der Waals surface area contributed by atoms with Crippen molar-refractivity contribution in [2.45, 2.75) is 24.4 Å². The molecule has 2 aromatic carbocycles. The second-order valence-electron chi connectivity index (χ2n) is 7.25. The summed E-state index contributed by atoms with van der Waals surface area (Å²) in [6, 6.07) is 15.6. The number of para-hydroxylation sites is 1. The number of hydrogen-bond donors (Lipinski definition) is 2. The second-order valence-corrected chi connectivity index (χ2v) is 7.25. The molecule has 0 bridgehead atoms. The van der Waals surface area contributed by atoms with Gasteiger partial charge in [-0.15, -0.1) is 0 Å². The normalized spacial score (nSPS) is 16.1. The Morgan fingerprint density at radius 3 is 2.78 bits per heavy atom. The van der Waals surface area contributed by atoms with Gasteiger partial charge in [-0.25, -0.2) is 0 Å². The molecule has 1 aliphatic rings. The number of nitrogens with one attached hydrogen (secondary N) is 1. The van der Waals surface area contributed by atoms with E-state index in [4.69, 9.17) is 4.74 Å². The number of aliphatic hydroxyl groups is 1. The zero-order chi connectivity index (χ0) is 19.0. The Hall–Kier alpha value is -2.79. The van der Waals surface area contributed by atoms with Gasteiger partial charge in [0.15, 0.2) is 0 Å². The molecule has 1 aliphatic carbocycles. The third kappa shape index (κ3) is 3.08. The van der Waals surface area contributed by atoms with Crippen LogP contribution in [0.1, 0.15) is 30.1 Å². The molecule has 2 N–H and O–H groups in total. The maximum Gasteiger partial charge on any atom is 0.230 e. The molecule has 3 aromatic rings. The summed E-state index contributed by atoms with van der Waals surface area (Å²) in [4.78, 5) is 12.9. The Balaban J connectivity index is 1.46. The number of carbonyl (C=O) groups is 1. The van der Waals surface area contributed by atoms with E-state index in [9.17, 15) is 9.90 Å². The smallest absolute Gasteiger partial charge is 0.230 e. The van der Waals surface area contributed by atoms with Gasteiger partial charge in [-0.2, -0.15) is 0 Å². The highest BCUT2D eigenvalue weighted by Gasteiger charge is 2.52. The van der Waals surface area contributed by atoms with Crippen molar-refractivity contribution in [1.82, 2.24) is 9.88 Å². The standard InChI is InChI=1S/C22H24N2O3/c1-24-12-9-15-13-16(7-8-18(15)24)19(25)14-23-21(26)22(10-11-22)17-5-3-4-6-20(17)27-2/h3-9,12-13,19,25H,10-11,14H2,1-2H3,(H,23,26). The summed E-state index contributed by atoms with van der Waals surface area (Å²) in [6.45, 7) is 0.189. The van der Waals surface area contributed by atoms with Crippen molar-refractivity contribution in [1.29, 1.82) is 0 Å². The zero-order valence-electron chi connectivity index (χ0n) is 15.6. The van der Waals surface area contributed by atoms with E-state index in [1.807, 2.05) is 66.3 Å². The lowest BCUT2D eigenvalue weighted by Crippen LogP contribution is -2.37. The van der Waals surface area contributed by atoms with Crippen LogP contribution in [0, 0.1) is 0 Å². The number of hydrogen-bond acceptors (Lipinski definition) is 3. The lowest BCUT2D eigenvalue weighted by Gasteiger charge is -2.20. The molecule has 1 unspecified atom stereocenters. The summed E-state index contributed by atoms with van der Waals surface area (Å²) in [7, 11) is 3.61. The summed E-state index contributed by atoms with van der Waals surface area (Å²) in [6.07, 6.45) is 2.84. The molecule has 0 spiro atoms. The molecule has 1 saturated carbocycles. The molecule has 0 saturated heterocycles. The molecule has 140 valence electrons. The molecule has 5 nitrogen and oxygen atoms in total. The van der Waals surface area contributed by atoms with Gasteiger partial charge in [0, 0.05) is 30.9 Å². The van der Waals surface area contributed by atoms with Crippen LogP contribution in [0.2, 0.25) is 0 Å². The summed E-state index contributed by atoms with van der Waals surface area (Å²) >= 11 is 0. The third-order valence-corrected chi connectivity index (χ3v) is 5.56. The first kappa shape index (κ1) is 17.6.